The molecule has 0 saturated carbocycles. The van der Waals surface area contributed by atoms with Crippen molar-refractivity contribution in [1.29, 1.82) is 0 Å². The van der Waals surface area contributed by atoms with Gasteiger partial charge in [-0.3, -0.25) is 14.2 Å². The maximum Gasteiger partial charge on any atom is 0.493 e. The monoisotopic (exact) mass is 624 g/mol. The van der Waals surface area contributed by atoms with Crippen LogP contribution in [0.15, 0.2) is 92.0 Å². The molecule has 2 aromatic carbocycles. The predicted octanol–water partition coefficient (Wildman–Crippen LogP) is 4.34. The first kappa shape index (κ1) is 28.6. The van der Waals surface area contributed by atoms with E-state index in [4.69, 9.17) is 11.6 Å². The summed E-state index contributed by atoms with van der Waals surface area (Å²) in [6.45, 7) is 0. The number of nitrogens with zero attached hydrogens (tertiary/aromatic N) is 3. The van der Waals surface area contributed by atoms with Gasteiger partial charge < -0.3 is 14.3 Å². The Morgan fingerprint density at radius 1 is 1.05 bits per heavy atom. The Morgan fingerprint density at radius 3 is 2.48 bits per heavy atom. The molecule has 0 unspecified atom stereocenters. The van der Waals surface area contributed by atoms with Crippen LogP contribution in [0.1, 0.15) is 0 Å². The molecule has 5 aromatic rings. The molecular weight excluding hydrogens is 612 g/mol. The first-order valence-electron chi connectivity index (χ1n) is 11.4. The molecule has 0 spiro atoms. The second kappa shape index (κ2) is 10.5. The highest BCUT2D eigenvalue weighted by atomic mass is 35.5. The number of sulfonamides is 1. The van der Waals surface area contributed by atoms with Crippen LogP contribution in [-0.4, -0.2) is 35.3 Å². The molecule has 1 N–H and O–H groups in total. The van der Waals surface area contributed by atoms with E-state index in [0.29, 0.717) is 0 Å². The molecule has 0 aliphatic heterocycles. The number of aromatic amines is 1. The number of aromatic nitrogens is 3. The maximum atomic E-state index is 13.7. The van der Waals surface area contributed by atoms with Crippen molar-refractivity contribution >= 4 is 44.3 Å². The topological polar surface area (TPSA) is 145 Å². The molecular formula is C25H13ClF4N4O7S. The lowest BCUT2D eigenvalue weighted by atomic mass is 10.1. The standard InChI is InChI=1S/C25H13ClF4N4O7S/c26-17-12-19(23(36)31-22(17)14-2-1-3-15(27)10-14)33-18-6-5-16(11-13(18)4-7-21(33)35)42(38,39)34(20-8-9-40-32-20)41-24(37)25(28,29)30/h1-12H,(H,31,36). The van der Waals surface area contributed by atoms with Crippen molar-refractivity contribution in [3.8, 4) is 16.9 Å². The number of fused-ring (bicyclic) bond motifs is 1. The van der Waals surface area contributed by atoms with Gasteiger partial charge in [0, 0.05) is 23.1 Å². The Bertz CT molecular complexity index is 2080. The van der Waals surface area contributed by atoms with Crippen LogP contribution >= 0.6 is 11.6 Å². The number of halogens is 5. The van der Waals surface area contributed by atoms with E-state index in [2.05, 4.69) is 19.5 Å². The summed E-state index contributed by atoms with van der Waals surface area (Å²) in [5.74, 6) is -4.22. The third-order valence-corrected chi connectivity index (χ3v) is 7.56. The van der Waals surface area contributed by atoms with Crippen LogP contribution in [0.4, 0.5) is 23.4 Å². The van der Waals surface area contributed by atoms with E-state index in [1.807, 2.05) is 0 Å². The summed E-state index contributed by atoms with van der Waals surface area (Å²) >= 11 is 6.36. The normalized spacial score (nSPS) is 11.9. The van der Waals surface area contributed by atoms with Crippen molar-refractivity contribution < 1.29 is 40.1 Å². The van der Waals surface area contributed by atoms with Gasteiger partial charge in [-0.25, -0.2) is 9.18 Å². The van der Waals surface area contributed by atoms with Crippen LogP contribution in [-0.2, 0) is 19.7 Å². The summed E-state index contributed by atoms with van der Waals surface area (Å²) in [6, 6.07) is 12.4. The van der Waals surface area contributed by atoms with Crippen LogP contribution < -0.4 is 15.6 Å². The third kappa shape index (κ3) is 5.24. The van der Waals surface area contributed by atoms with Crippen molar-refractivity contribution in [2.45, 2.75) is 11.1 Å². The highest BCUT2D eigenvalue weighted by molar-refractivity contribution is 7.92. The fourth-order valence-electron chi connectivity index (χ4n) is 3.89. The number of H-pyrrole nitrogens is 1. The zero-order chi connectivity index (χ0) is 30.4. The zero-order valence-corrected chi connectivity index (χ0v) is 22.0. The number of benzene rings is 2. The smallest absolute Gasteiger partial charge is 0.362 e. The fourth-order valence-corrected chi connectivity index (χ4v) is 5.36. The van der Waals surface area contributed by atoms with E-state index in [1.54, 1.807) is 0 Å². The molecule has 42 heavy (non-hydrogen) atoms. The highest BCUT2D eigenvalue weighted by Gasteiger charge is 2.45. The second-order valence-electron chi connectivity index (χ2n) is 8.41. The molecule has 0 atom stereocenters. The number of carbonyl (C=O) groups excluding carboxylic acids is 1. The minimum Gasteiger partial charge on any atom is -0.362 e. The number of rotatable bonds is 6. The molecule has 3 heterocycles. The van der Waals surface area contributed by atoms with E-state index >= 15 is 0 Å². The summed E-state index contributed by atoms with van der Waals surface area (Å²) in [4.78, 5) is 43.3. The summed E-state index contributed by atoms with van der Waals surface area (Å²) in [6.07, 6.45) is -4.71. The first-order valence-corrected chi connectivity index (χ1v) is 13.2. The lowest BCUT2D eigenvalue weighted by Crippen LogP contribution is -2.39. The molecule has 0 amide bonds. The van der Waals surface area contributed by atoms with Gasteiger partial charge in [-0.1, -0.05) is 33.4 Å². The van der Waals surface area contributed by atoms with Gasteiger partial charge in [0.25, 0.3) is 21.1 Å². The quantitative estimate of drug-likeness (QED) is 0.217. The Morgan fingerprint density at radius 2 is 1.81 bits per heavy atom. The predicted molar refractivity (Wildman–Crippen MR) is 139 cm³/mol. The van der Waals surface area contributed by atoms with Crippen LogP contribution in [0.5, 0.6) is 0 Å². The second-order valence-corrected chi connectivity index (χ2v) is 10.6. The van der Waals surface area contributed by atoms with Gasteiger partial charge in [0.15, 0.2) is 0 Å². The Hall–Kier alpha value is -4.96. The number of pyridine rings is 2. The number of carbonyl (C=O) groups is 1. The number of alkyl halides is 3. The van der Waals surface area contributed by atoms with Crippen LogP contribution in [0.2, 0.25) is 5.02 Å². The number of hydrogen-bond acceptors (Lipinski definition) is 8. The van der Waals surface area contributed by atoms with E-state index in [1.165, 1.54) is 24.3 Å². The van der Waals surface area contributed by atoms with Gasteiger partial charge in [-0.05, 0) is 42.5 Å². The van der Waals surface area contributed by atoms with Crippen molar-refractivity contribution in [3.63, 3.8) is 0 Å². The minimum absolute atomic E-state index is 0.00166. The van der Waals surface area contributed by atoms with E-state index in [-0.39, 0.29) is 37.3 Å². The van der Waals surface area contributed by atoms with Gasteiger partial charge in [-0.15, -0.1) is 0 Å². The molecule has 3 aromatic heterocycles. The average Bonchev–Trinajstić information content (AvgIpc) is 3.46. The lowest BCUT2D eigenvalue weighted by molar-refractivity contribution is -0.199. The Balaban J connectivity index is 1.62. The number of anilines is 1. The minimum atomic E-state index is -5.55. The molecule has 0 saturated heterocycles. The third-order valence-electron chi connectivity index (χ3n) is 5.72. The molecule has 17 heteroatoms. The molecule has 0 aliphatic carbocycles. The first-order chi connectivity index (χ1) is 19.8. The lowest BCUT2D eigenvalue weighted by Gasteiger charge is -2.20. The van der Waals surface area contributed by atoms with Gasteiger partial charge in [-0.2, -0.15) is 21.6 Å². The molecule has 0 bridgehead atoms. The summed E-state index contributed by atoms with van der Waals surface area (Å²) in [5, 5.41) is 3.22. The number of hydrogen-bond donors (Lipinski definition) is 1. The van der Waals surface area contributed by atoms with Crippen molar-refractivity contribution in [2.24, 2.45) is 0 Å². The summed E-state index contributed by atoms with van der Waals surface area (Å²) < 4.78 is 83.9. The molecule has 216 valence electrons. The molecule has 0 aliphatic rings. The van der Waals surface area contributed by atoms with Crippen molar-refractivity contribution in [1.82, 2.24) is 14.7 Å². The molecule has 5 rings (SSSR count). The SMILES string of the molecule is O=C(ON(c1ccon1)S(=O)(=O)c1ccc2c(ccc(=O)n2-c2cc(Cl)c(-c3cccc(F)c3)[nH]c2=O)c1)C(F)(F)F. The summed E-state index contributed by atoms with van der Waals surface area (Å²) in [5.41, 5.74) is -1.46. The van der Waals surface area contributed by atoms with Crippen LogP contribution in [0.3, 0.4) is 0 Å². The molecule has 0 fully saturated rings. The number of nitrogens with one attached hydrogen (secondary N) is 1. The van der Waals surface area contributed by atoms with Crippen molar-refractivity contribution in [2.75, 3.05) is 4.47 Å². The van der Waals surface area contributed by atoms with Gasteiger partial charge in [0.2, 0.25) is 5.82 Å². The highest BCUT2D eigenvalue weighted by Crippen LogP contribution is 2.30. The van der Waals surface area contributed by atoms with Crippen molar-refractivity contribution in [3.05, 3.63) is 105 Å². The Kier molecular flexibility index (Phi) is 7.11. The van der Waals surface area contributed by atoms with Gasteiger partial charge >= 0.3 is 12.1 Å². The fraction of sp³-hybridized carbons (Fsp3) is 0.0400. The van der Waals surface area contributed by atoms with Crippen LogP contribution in [0, 0.1) is 5.82 Å². The summed E-state index contributed by atoms with van der Waals surface area (Å²) in [7, 11) is -5.05. The van der Waals surface area contributed by atoms with Gasteiger partial charge in [0.1, 0.15) is 17.8 Å². The molecule has 0 radical (unpaired) electrons. The Labute approximate surface area is 236 Å². The molecule has 11 nitrogen and oxygen atoms in total. The van der Waals surface area contributed by atoms with E-state index < -0.39 is 49.8 Å². The largest absolute Gasteiger partial charge is 0.493 e. The van der Waals surface area contributed by atoms with E-state index in [0.717, 1.165) is 53.3 Å². The van der Waals surface area contributed by atoms with Crippen LogP contribution in [0.25, 0.3) is 27.8 Å². The van der Waals surface area contributed by atoms with E-state index in [9.17, 15) is 40.4 Å². The maximum absolute atomic E-state index is 13.7. The zero-order valence-electron chi connectivity index (χ0n) is 20.4. The average molecular weight is 625 g/mol. The van der Waals surface area contributed by atoms with Gasteiger partial charge in [0.05, 0.1) is 21.1 Å².